The lowest BCUT2D eigenvalue weighted by atomic mass is 9.66. The van der Waals surface area contributed by atoms with Gasteiger partial charge in [-0.25, -0.2) is 0 Å². The summed E-state index contributed by atoms with van der Waals surface area (Å²) in [7, 11) is 2.81. The first-order valence-electron chi connectivity index (χ1n) is 12.1. The third-order valence-corrected chi connectivity index (χ3v) is 8.07. The van der Waals surface area contributed by atoms with Crippen LogP contribution in [-0.4, -0.2) is 42.3 Å². The number of amides is 1. The second-order valence-electron chi connectivity index (χ2n) is 9.74. The summed E-state index contributed by atoms with van der Waals surface area (Å²) >= 11 is 6.52. The molecule has 3 heterocycles. The van der Waals surface area contributed by atoms with Crippen molar-refractivity contribution in [3.8, 4) is 17.2 Å². The fraction of sp³-hybridized carbons (Fsp3) is 0.286. The van der Waals surface area contributed by atoms with Crippen LogP contribution in [0.25, 0.3) is 10.9 Å². The number of ether oxygens (including phenoxy) is 3. The Morgan fingerprint density at radius 1 is 1.00 bits per heavy atom. The maximum absolute atomic E-state index is 14.4. The van der Waals surface area contributed by atoms with E-state index < -0.39 is 34.6 Å². The fourth-order valence-corrected chi connectivity index (χ4v) is 6.14. The number of methoxy groups -OCH3 is 2. The Hall–Kier alpha value is -4.11. The second kappa shape index (κ2) is 8.46. The lowest BCUT2D eigenvalue weighted by Crippen LogP contribution is -2.59. The number of fused-ring (bicyclic) bond motifs is 2. The number of nitrogens with one attached hydrogen (secondary N) is 2. The summed E-state index contributed by atoms with van der Waals surface area (Å²) in [6.07, 6.45) is 0.0427. The van der Waals surface area contributed by atoms with Gasteiger partial charge in [-0.15, -0.1) is 0 Å². The molecule has 0 fully saturated rings. The smallest absolute Gasteiger partial charge is 0.252 e. The summed E-state index contributed by atoms with van der Waals surface area (Å²) in [6.45, 7) is 1.71. The highest BCUT2D eigenvalue weighted by atomic mass is 35.5. The number of hydrogen-bond donors (Lipinski definition) is 2. The van der Waals surface area contributed by atoms with Gasteiger partial charge in [-0.2, -0.15) is 0 Å². The number of para-hydroxylation sites is 1. The van der Waals surface area contributed by atoms with E-state index in [9.17, 15) is 19.2 Å². The molecule has 1 amide bonds. The Bertz CT molecular complexity index is 1670. The van der Waals surface area contributed by atoms with Crippen molar-refractivity contribution >= 4 is 40.0 Å². The average Bonchev–Trinajstić information content (AvgIpc) is 3.21. The molecule has 194 valence electrons. The monoisotopic (exact) mass is 534 g/mol. The zero-order valence-corrected chi connectivity index (χ0v) is 21.5. The molecule has 10 heteroatoms. The van der Waals surface area contributed by atoms with Gasteiger partial charge in [0.1, 0.15) is 22.1 Å². The number of aromatic amines is 1. The normalized spacial score (nSPS) is 24.3. The fourth-order valence-electron chi connectivity index (χ4n) is 5.88. The molecule has 3 atom stereocenters. The van der Waals surface area contributed by atoms with Gasteiger partial charge in [0.2, 0.25) is 23.1 Å². The first-order chi connectivity index (χ1) is 18.2. The van der Waals surface area contributed by atoms with Crippen molar-refractivity contribution < 1.29 is 28.6 Å². The van der Waals surface area contributed by atoms with Gasteiger partial charge < -0.3 is 24.5 Å². The maximum atomic E-state index is 14.4. The predicted molar refractivity (Wildman–Crippen MR) is 138 cm³/mol. The topological polar surface area (TPSA) is 124 Å². The van der Waals surface area contributed by atoms with Crippen molar-refractivity contribution in [3.63, 3.8) is 0 Å². The number of carbonyl (C=O) groups excluding carboxylic acids is 3. The van der Waals surface area contributed by atoms with Gasteiger partial charge in [-0.3, -0.25) is 19.2 Å². The number of hydrogen-bond acceptors (Lipinski definition) is 7. The molecule has 1 aliphatic carbocycles. The lowest BCUT2D eigenvalue weighted by molar-refractivity contribution is -0.131. The van der Waals surface area contributed by atoms with E-state index in [4.69, 9.17) is 25.8 Å². The minimum atomic E-state index is -1.94. The summed E-state index contributed by atoms with van der Waals surface area (Å²) in [5.41, 5.74) is -0.805. The van der Waals surface area contributed by atoms with Crippen LogP contribution in [0.4, 0.5) is 0 Å². The van der Waals surface area contributed by atoms with E-state index in [0.717, 1.165) is 5.39 Å². The van der Waals surface area contributed by atoms with Crippen molar-refractivity contribution in [1.82, 2.24) is 10.3 Å². The molecule has 3 aliphatic rings. The highest BCUT2D eigenvalue weighted by Crippen LogP contribution is 2.55. The molecule has 1 spiro atoms. The molecule has 0 saturated heterocycles. The Kier molecular flexibility index (Phi) is 5.39. The van der Waals surface area contributed by atoms with Crippen molar-refractivity contribution in [2.75, 3.05) is 14.2 Å². The van der Waals surface area contributed by atoms with Crippen LogP contribution in [0.3, 0.4) is 0 Å². The third kappa shape index (κ3) is 3.18. The quantitative estimate of drug-likeness (QED) is 0.491. The Morgan fingerprint density at radius 3 is 2.47 bits per heavy atom. The second-order valence-corrected chi connectivity index (χ2v) is 10.1. The molecule has 0 radical (unpaired) electrons. The Morgan fingerprint density at radius 2 is 1.74 bits per heavy atom. The number of halogens is 1. The van der Waals surface area contributed by atoms with Crippen LogP contribution >= 0.6 is 11.6 Å². The van der Waals surface area contributed by atoms with E-state index in [1.807, 2.05) is 12.1 Å². The molecule has 0 saturated carbocycles. The van der Waals surface area contributed by atoms with Crippen LogP contribution in [0.15, 0.2) is 52.5 Å². The van der Waals surface area contributed by atoms with E-state index in [2.05, 4.69) is 10.3 Å². The standard InChI is InChI=1S/C28H23ClN2O7/c1-12-8-17-21(14(10-20(32)30-17)15-9-13-6-4-5-7-16(13)31-27(15)35)25(33)28(12)26(34)22-18(36-2)11-19(37-3)23(29)24(22)38-28/h4-7,9,11-12,14H,8,10H2,1-3H3,(H,30,32)(H,31,35). The first kappa shape index (κ1) is 24.2. The van der Waals surface area contributed by atoms with Gasteiger partial charge in [0, 0.05) is 46.7 Å². The third-order valence-electron chi connectivity index (χ3n) is 7.72. The lowest BCUT2D eigenvalue weighted by Gasteiger charge is -2.41. The van der Waals surface area contributed by atoms with Crippen molar-refractivity contribution in [2.24, 2.45) is 5.92 Å². The highest BCUT2D eigenvalue weighted by Gasteiger charge is 2.63. The Labute approximate surface area is 221 Å². The largest absolute Gasteiger partial charge is 0.496 e. The molecule has 0 bridgehead atoms. The van der Waals surface area contributed by atoms with Crippen LogP contribution in [-0.2, 0) is 9.59 Å². The van der Waals surface area contributed by atoms with Gasteiger partial charge >= 0.3 is 0 Å². The van der Waals surface area contributed by atoms with Crippen LogP contribution in [0, 0.1) is 5.92 Å². The molecule has 3 aromatic rings. The van der Waals surface area contributed by atoms with Gasteiger partial charge in [-0.1, -0.05) is 36.7 Å². The number of ketones is 2. The molecule has 2 aliphatic heterocycles. The number of Topliss-reactive ketones (excluding diaryl/α,β-unsaturated/α-hetero) is 2. The molecule has 3 unspecified atom stereocenters. The van der Waals surface area contributed by atoms with Gasteiger partial charge in [-0.05, 0) is 23.9 Å². The highest BCUT2D eigenvalue weighted by molar-refractivity contribution is 6.36. The first-order valence-corrected chi connectivity index (χ1v) is 12.5. The van der Waals surface area contributed by atoms with Crippen LogP contribution in [0.2, 0.25) is 5.02 Å². The van der Waals surface area contributed by atoms with Crippen LogP contribution < -0.4 is 25.1 Å². The average molecular weight is 535 g/mol. The van der Waals surface area contributed by atoms with E-state index in [-0.39, 0.29) is 57.7 Å². The number of carbonyl (C=O) groups is 3. The molecule has 38 heavy (non-hydrogen) atoms. The number of pyridine rings is 1. The zero-order chi connectivity index (χ0) is 26.9. The van der Waals surface area contributed by atoms with E-state index in [0.29, 0.717) is 11.2 Å². The van der Waals surface area contributed by atoms with E-state index in [1.54, 1.807) is 25.1 Å². The SMILES string of the molecule is COc1cc(OC)c2c(c1Cl)OC1(C(=O)C3=C(CC1C)NC(=O)CC3c1cc3ccccc3[nH]c1=O)C2=O. The minimum Gasteiger partial charge on any atom is -0.496 e. The Balaban J connectivity index is 1.53. The van der Waals surface area contributed by atoms with Crippen molar-refractivity contribution in [3.05, 3.63) is 74.2 Å². The molecule has 9 nitrogen and oxygen atoms in total. The van der Waals surface area contributed by atoms with E-state index >= 15 is 0 Å². The maximum Gasteiger partial charge on any atom is 0.252 e. The summed E-state index contributed by atoms with van der Waals surface area (Å²) in [4.78, 5) is 57.2. The number of H-pyrrole nitrogens is 1. The number of aromatic nitrogens is 1. The van der Waals surface area contributed by atoms with E-state index in [1.165, 1.54) is 20.3 Å². The van der Waals surface area contributed by atoms with Gasteiger partial charge in [0.25, 0.3) is 5.56 Å². The number of rotatable bonds is 3. The number of allylic oxidation sites excluding steroid dienone is 1. The summed E-state index contributed by atoms with van der Waals surface area (Å²) in [5.74, 6) is -2.62. The molecule has 2 N–H and O–H groups in total. The number of benzene rings is 2. The van der Waals surface area contributed by atoms with Crippen LogP contribution in [0.5, 0.6) is 17.2 Å². The molecule has 6 rings (SSSR count). The summed E-state index contributed by atoms with van der Waals surface area (Å²) in [5, 5.41) is 3.60. The minimum absolute atomic E-state index is 0.0112. The van der Waals surface area contributed by atoms with Gasteiger partial charge in [0.15, 0.2) is 5.75 Å². The predicted octanol–water partition coefficient (Wildman–Crippen LogP) is 3.68. The van der Waals surface area contributed by atoms with Gasteiger partial charge in [0.05, 0.1) is 14.2 Å². The van der Waals surface area contributed by atoms with Crippen LogP contribution in [0.1, 0.15) is 41.6 Å². The molecule has 2 aromatic carbocycles. The zero-order valence-electron chi connectivity index (χ0n) is 20.8. The molecular weight excluding hydrogens is 512 g/mol. The molecular formula is C28H23ClN2O7. The van der Waals surface area contributed by atoms with Crippen molar-refractivity contribution in [2.45, 2.75) is 31.3 Å². The molecule has 1 aromatic heterocycles. The van der Waals surface area contributed by atoms with Crippen molar-refractivity contribution in [1.29, 1.82) is 0 Å². The summed E-state index contributed by atoms with van der Waals surface area (Å²) < 4.78 is 17.0. The summed E-state index contributed by atoms with van der Waals surface area (Å²) in [6, 6.07) is 10.4.